The van der Waals surface area contributed by atoms with E-state index >= 15 is 0 Å². The third-order valence-corrected chi connectivity index (χ3v) is 6.43. The number of hydrogen-bond acceptors (Lipinski definition) is 8. The van der Waals surface area contributed by atoms with Crippen LogP contribution in [0.4, 0.5) is 5.82 Å². The van der Waals surface area contributed by atoms with Crippen molar-refractivity contribution in [1.29, 1.82) is 5.26 Å². The zero-order valence-electron chi connectivity index (χ0n) is 20.1. The van der Waals surface area contributed by atoms with Crippen molar-refractivity contribution in [1.82, 2.24) is 24.8 Å². The number of ether oxygens (including phenoxy) is 1. The summed E-state index contributed by atoms with van der Waals surface area (Å²) in [6, 6.07) is 11.8. The number of allylic oxidation sites excluding steroid dienone is 1. The average Bonchev–Trinajstić information content (AvgIpc) is 3.39. The van der Waals surface area contributed by atoms with E-state index in [4.69, 9.17) is 10.5 Å². The first kappa shape index (κ1) is 23.7. The van der Waals surface area contributed by atoms with Crippen molar-refractivity contribution in [2.45, 2.75) is 12.8 Å². The Bertz CT molecular complexity index is 1560. The molecule has 4 heterocycles. The molecule has 0 radical (unpaired) electrons. The van der Waals surface area contributed by atoms with Gasteiger partial charge in [0.25, 0.3) is 11.7 Å². The van der Waals surface area contributed by atoms with Crippen LogP contribution in [0, 0.1) is 11.3 Å². The van der Waals surface area contributed by atoms with Gasteiger partial charge in [0.1, 0.15) is 23.0 Å². The van der Waals surface area contributed by atoms with Crippen molar-refractivity contribution in [3.63, 3.8) is 0 Å². The van der Waals surface area contributed by atoms with E-state index < -0.39 is 11.7 Å². The number of fused-ring (bicyclic) bond motifs is 1. The van der Waals surface area contributed by atoms with E-state index in [0.717, 1.165) is 11.1 Å². The van der Waals surface area contributed by atoms with E-state index in [-0.39, 0.29) is 11.4 Å². The zero-order chi connectivity index (χ0) is 25.9. The molecule has 0 unspecified atom stereocenters. The third kappa shape index (κ3) is 4.38. The van der Waals surface area contributed by atoms with Gasteiger partial charge >= 0.3 is 0 Å². The summed E-state index contributed by atoms with van der Waals surface area (Å²) in [7, 11) is 1.47. The maximum atomic E-state index is 13.4. The van der Waals surface area contributed by atoms with Gasteiger partial charge in [0, 0.05) is 19.3 Å². The molecule has 5 rings (SSSR count). The number of nitriles is 1. The smallest absolute Gasteiger partial charge is 0.295 e. The molecule has 3 aromatic heterocycles. The van der Waals surface area contributed by atoms with Crippen molar-refractivity contribution in [3.8, 4) is 23.2 Å². The van der Waals surface area contributed by atoms with Crippen LogP contribution in [-0.4, -0.2) is 56.7 Å². The number of nitrogens with one attached hydrogen (secondary N) is 1. The van der Waals surface area contributed by atoms with Gasteiger partial charge in [-0.3, -0.25) is 9.59 Å². The van der Waals surface area contributed by atoms with Gasteiger partial charge in [-0.2, -0.15) is 5.26 Å². The number of amides is 1. The molecule has 1 aliphatic rings. The zero-order valence-corrected chi connectivity index (χ0v) is 20.1. The standard InChI is InChI=1S/C27H23N7O3/c1-37-21-14-33-24(20-13-31-22(29)15-30-20)25-23(21)19(12-32-25)26(35)27(36)34-9-7-17(8-10-34)18(11-28)16-5-3-2-4-6-16/h2-6,12-15,32H,7-10H2,1H3,(H2,29,31). The first-order valence-corrected chi connectivity index (χ1v) is 11.6. The van der Waals surface area contributed by atoms with Gasteiger partial charge in [-0.25, -0.2) is 15.0 Å². The Labute approximate surface area is 212 Å². The van der Waals surface area contributed by atoms with Crippen molar-refractivity contribution in [2.75, 3.05) is 25.9 Å². The molecule has 0 bridgehead atoms. The SMILES string of the molecule is COc1cnc(-c2cnc(N)cn2)c2[nH]cc(C(=O)C(=O)N3CCC(=C(C#N)c4ccccc4)CC3)c12. The van der Waals surface area contributed by atoms with E-state index in [9.17, 15) is 14.9 Å². The fraction of sp³-hybridized carbons (Fsp3) is 0.185. The first-order chi connectivity index (χ1) is 18.0. The molecule has 1 fully saturated rings. The molecule has 37 heavy (non-hydrogen) atoms. The summed E-state index contributed by atoms with van der Waals surface area (Å²) < 4.78 is 5.45. The number of nitrogen functional groups attached to an aromatic ring is 1. The lowest BCUT2D eigenvalue weighted by Gasteiger charge is -2.28. The number of benzene rings is 1. The number of nitrogens with zero attached hydrogens (tertiary/aromatic N) is 5. The molecular weight excluding hydrogens is 470 g/mol. The highest BCUT2D eigenvalue weighted by molar-refractivity contribution is 6.45. The van der Waals surface area contributed by atoms with Crippen LogP contribution in [0.2, 0.25) is 0 Å². The van der Waals surface area contributed by atoms with Gasteiger partial charge < -0.3 is 20.4 Å². The fourth-order valence-corrected chi connectivity index (χ4v) is 4.55. The van der Waals surface area contributed by atoms with Crippen LogP contribution in [-0.2, 0) is 4.79 Å². The molecule has 1 amide bonds. The van der Waals surface area contributed by atoms with Crippen molar-refractivity contribution >= 4 is 34.0 Å². The minimum Gasteiger partial charge on any atom is -0.494 e. The predicted molar refractivity (Wildman–Crippen MR) is 137 cm³/mol. The highest BCUT2D eigenvalue weighted by Crippen LogP contribution is 2.34. The van der Waals surface area contributed by atoms with Crippen LogP contribution in [0.1, 0.15) is 28.8 Å². The summed E-state index contributed by atoms with van der Waals surface area (Å²) >= 11 is 0. The van der Waals surface area contributed by atoms with Gasteiger partial charge in [0.15, 0.2) is 0 Å². The van der Waals surface area contributed by atoms with Gasteiger partial charge in [-0.05, 0) is 24.0 Å². The number of likely N-dealkylation sites (tertiary alicyclic amines) is 1. The molecule has 0 aliphatic carbocycles. The van der Waals surface area contributed by atoms with E-state index in [1.165, 1.54) is 36.8 Å². The third-order valence-electron chi connectivity index (χ3n) is 6.43. The number of H-pyrrole nitrogens is 1. The Hall–Kier alpha value is -5.04. The minimum absolute atomic E-state index is 0.187. The van der Waals surface area contributed by atoms with Crippen LogP contribution in [0.5, 0.6) is 5.75 Å². The Kier molecular flexibility index (Phi) is 6.34. The second kappa shape index (κ2) is 9.91. The van der Waals surface area contributed by atoms with Gasteiger partial charge in [0.05, 0.1) is 53.8 Å². The van der Waals surface area contributed by atoms with Gasteiger partial charge in [-0.1, -0.05) is 30.3 Å². The molecule has 1 saturated heterocycles. The Morgan fingerprint density at radius 1 is 1.08 bits per heavy atom. The second-order valence-electron chi connectivity index (χ2n) is 8.53. The van der Waals surface area contributed by atoms with Crippen LogP contribution in [0.25, 0.3) is 27.9 Å². The largest absolute Gasteiger partial charge is 0.494 e. The minimum atomic E-state index is -0.652. The summed E-state index contributed by atoms with van der Waals surface area (Å²) in [5, 5.41) is 10.2. The maximum absolute atomic E-state index is 13.4. The molecule has 10 nitrogen and oxygen atoms in total. The molecule has 1 aromatic carbocycles. The van der Waals surface area contributed by atoms with Crippen LogP contribution < -0.4 is 10.5 Å². The van der Waals surface area contributed by atoms with Crippen LogP contribution in [0.15, 0.2) is 60.7 Å². The summed E-state index contributed by atoms with van der Waals surface area (Å²) in [5.74, 6) is -0.636. The summed E-state index contributed by atoms with van der Waals surface area (Å²) in [4.78, 5) is 43.9. The molecule has 1 aliphatic heterocycles. The summed E-state index contributed by atoms with van der Waals surface area (Å²) in [6.07, 6.45) is 6.92. The number of carbonyl (C=O) groups excluding carboxylic acids is 2. The van der Waals surface area contributed by atoms with Gasteiger partial charge in [-0.15, -0.1) is 0 Å². The lowest BCUT2D eigenvalue weighted by molar-refractivity contribution is -0.126. The second-order valence-corrected chi connectivity index (χ2v) is 8.53. The average molecular weight is 494 g/mol. The number of Topliss-reactive ketones (excluding diaryl/α,β-unsaturated/α-hetero) is 1. The number of aromatic amines is 1. The highest BCUT2D eigenvalue weighted by atomic mass is 16.5. The Morgan fingerprint density at radius 3 is 2.49 bits per heavy atom. The van der Waals surface area contributed by atoms with Crippen molar-refractivity contribution in [2.24, 2.45) is 0 Å². The van der Waals surface area contributed by atoms with E-state index in [0.29, 0.717) is 59.5 Å². The molecule has 184 valence electrons. The number of carbonyl (C=O) groups is 2. The number of ketones is 1. The number of pyridine rings is 1. The summed E-state index contributed by atoms with van der Waals surface area (Å²) in [5.41, 5.74) is 9.71. The number of nitrogens with two attached hydrogens (primary N) is 1. The summed E-state index contributed by atoms with van der Waals surface area (Å²) in [6.45, 7) is 0.705. The number of anilines is 1. The number of rotatable bonds is 5. The molecular formula is C27H23N7O3. The van der Waals surface area contributed by atoms with E-state index in [1.54, 1.807) is 0 Å². The Balaban J connectivity index is 1.42. The van der Waals surface area contributed by atoms with Crippen LogP contribution in [0.3, 0.4) is 0 Å². The maximum Gasteiger partial charge on any atom is 0.295 e. The number of aromatic nitrogens is 4. The molecule has 3 N–H and O–H groups in total. The highest BCUT2D eigenvalue weighted by Gasteiger charge is 2.30. The van der Waals surface area contributed by atoms with E-state index in [2.05, 4.69) is 26.0 Å². The quantitative estimate of drug-likeness (QED) is 0.244. The fourth-order valence-electron chi connectivity index (χ4n) is 4.55. The lowest BCUT2D eigenvalue weighted by atomic mass is 9.93. The van der Waals surface area contributed by atoms with Gasteiger partial charge in [0.2, 0.25) is 0 Å². The lowest BCUT2D eigenvalue weighted by Crippen LogP contribution is -2.40. The predicted octanol–water partition coefficient (Wildman–Crippen LogP) is 3.39. The Morgan fingerprint density at radius 2 is 1.84 bits per heavy atom. The van der Waals surface area contributed by atoms with Crippen molar-refractivity contribution < 1.29 is 14.3 Å². The molecule has 0 spiro atoms. The number of methoxy groups -OCH3 is 1. The van der Waals surface area contributed by atoms with Crippen LogP contribution >= 0.6 is 0 Å². The molecule has 0 saturated carbocycles. The van der Waals surface area contributed by atoms with Crippen molar-refractivity contribution in [3.05, 3.63) is 71.8 Å². The molecule has 0 atom stereocenters. The molecule has 4 aromatic rings. The van der Waals surface area contributed by atoms with E-state index in [1.807, 2.05) is 30.3 Å². The normalized spacial score (nSPS) is 13.3. The number of piperidine rings is 1. The molecule has 10 heteroatoms. The monoisotopic (exact) mass is 493 g/mol. The first-order valence-electron chi connectivity index (χ1n) is 11.6. The number of hydrogen-bond donors (Lipinski definition) is 2. The topological polar surface area (TPSA) is 151 Å².